The van der Waals surface area contributed by atoms with Gasteiger partial charge in [0.05, 0.1) is 28.8 Å². The van der Waals surface area contributed by atoms with E-state index in [-0.39, 0.29) is 11.5 Å². The molecule has 0 aromatic heterocycles. The Kier molecular flexibility index (Phi) is 3.93. The Labute approximate surface area is 115 Å². The minimum atomic E-state index is -2.90. The molecule has 0 saturated carbocycles. The molecule has 1 saturated heterocycles. The standard InChI is InChI=1S/C12H13BrN2O2S/c13-11-8-10(9-14)2-3-12(11)15-4-1-6-18(16,17)7-5-15/h2-3,8H,1,4-7H2. The monoisotopic (exact) mass is 328 g/mol. The number of nitriles is 1. The van der Waals surface area contributed by atoms with Gasteiger partial charge < -0.3 is 4.90 Å². The van der Waals surface area contributed by atoms with Gasteiger partial charge in [-0.2, -0.15) is 5.26 Å². The molecule has 0 amide bonds. The van der Waals surface area contributed by atoms with E-state index in [9.17, 15) is 8.42 Å². The summed E-state index contributed by atoms with van der Waals surface area (Å²) in [5, 5.41) is 8.81. The van der Waals surface area contributed by atoms with E-state index in [2.05, 4.69) is 26.9 Å². The van der Waals surface area contributed by atoms with Crippen LogP contribution >= 0.6 is 15.9 Å². The predicted molar refractivity (Wildman–Crippen MR) is 74.3 cm³/mol. The summed E-state index contributed by atoms with van der Waals surface area (Å²) < 4.78 is 23.9. The van der Waals surface area contributed by atoms with E-state index in [1.165, 1.54) is 0 Å². The van der Waals surface area contributed by atoms with Gasteiger partial charge in [0, 0.05) is 17.6 Å². The number of nitrogens with zero attached hydrogens (tertiary/aromatic N) is 2. The van der Waals surface area contributed by atoms with Gasteiger partial charge in [-0.1, -0.05) is 0 Å². The van der Waals surface area contributed by atoms with E-state index < -0.39 is 9.84 Å². The first kappa shape index (κ1) is 13.4. The highest BCUT2D eigenvalue weighted by atomic mass is 79.9. The van der Waals surface area contributed by atoms with E-state index in [1.807, 2.05) is 6.07 Å². The summed E-state index contributed by atoms with van der Waals surface area (Å²) in [6.45, 7) is 1.23. The molecule has 0 unspecified atom stereocenters. The third-order valence-corrected chi connectivity index (χ3v) is 5.32. The second kappa shape index (κ2) is 5.29. The van der Waals surface area contributed by atoms with Gasteiger partial charge in [0.25, 0.3) is 0 Å². The molecule has 1 aliphatic rings. The molecule has 6 heteroatoms. The lowest BCUT2D eigenvalue weighted by atomic mass is 10.2. The Hall–Kier alpha value is -1.06. The largest absolute Gasteiger partial charge is 0.370 e. The smallest absolute Gasteiger partial charge is 0.152 e. The normalized spacial score (nSPS) is 19.0. The molecule has 1 aromatic carbocycles. The van der Waals surface area contributed by atoms with Crippen molar-refractivity contribution < 1.29 is 8.42 Å². The van der Waals surface area contributed by atoms with Gasteiger partial charge in [0.1, 0.15) is 0 Å². The highest BCUT2D eigenvalue weighted by Crippen LogP contribution is 2.28. The third kappa shape index (κ3) is 3.03. The first-order chi connectivity index (χ1) is 8.52. The summed E-state index contributed by atoms with van der Waals surface area (Å²) >= 11 is 3.44. The van der Waals surface area contributed by atoms with Crippen molar-refractivity contribution in [1.82, 2.24) is 0 Å². The molecule has 1 heterocycles. The molecule has 0 bridgehead atoms. The van der Waals surface area contributed by atoms with Crippen molar-refractivity contribution in [1.29, 1.82) is 5.26 Å². The molecule has 1 fully saturated rings. The number of anilines is 1. The fraction of sp³-hybridized carbons (Fsp3) is 0.417. The number of sulfone groups is 1. The molecule has 0 atom stereocenters. The highest BCUT2D eigenvalue weighted by Gasteiger charge is 2.20. The molecule has 0 spiro atoms. The Morgan fingerprint density at radius 2 is 2.06 bits per heavy atom. The molecule has 0 aliphatic carbocycles. The van der Waals surface area contributed by atoms with Crippen LogP contribution < -0.4 is 4.90 Å². The van der Waals surface area contributed by atoms with Crippen LogP contribution in [0.25, 0.3) is 0 Å². The van der Waals surface area contributed by atoms with Gasteiger partial charge >= 0.3 is 0 Å². The highest BCUT2D eigenvalue weighted by molar-refractivity contribution is 9.10. The molecule has 1 aromatic rings. The van der Waals surface area contributed by atoms with Crippen LogP contribution in [0.2, 0.25) is 0 Å². The second-order valence-electron chi connectivity index (χ2n) is 4.27. The topological polar surface area (TPSA) is 61.2 Å². The fourth-order valence-corrected chi connectivity index (χ4v) is 3.91. The zero-order valence-electron chi connectivity index (χ0n) is 9.76. The zero-order chi connectivity index (χ0) is 13.2. The van der Waals surface area contributed by atoms with E-state index >= 15 is 0 Å². The van der Waals surface area contributed by atoms with Crippen LogP contribution in [0, 0.1) is 11.3 Å². The van der Waals surface area contributed by atoms with Crippen molar-refractivity contribution in [2.24, 2.45) is 0 Å². The van der Waals surface area contributed by atoms with Crippen molar-refractivity contribution in [3.63, 3.8) is 0 Å². The molecule has 1 aliphatic heterocycles. The maximum absolute atomic E-state index is 11.6. The molecule has 0 N–H and O–H groups in total. The van der Waals surface area contributed by atoms with Crippen molar-refractivity contribution >= 4 is 31.5 Å². The maximum atomic E-state index is 11.6. The number of halogens is 1. The minimum absolute atomic E-state index is 0.194. The quantitative estimate of drug-likeness (QED) is 0.790. The molecule has 0 radical (unpaired) electrons. The third-order valence-electron chi connectivity index (χ3n) is 2.97. The molecule has 96 valence electrons. The number of hydrogen-bond donors (Lipinski definition) is 0. The van der Waals surface area contributed by atoms with Gasteiger partial charge in [-0.05, 0) is 40.5 Å². The van der Waals surface area contributed by atoms with Gasteiger partial charge in [-0.15, -0.1) is 0 Å². The molecule has 4 nitrogen and oxygen atoms in total. The lowest BCUT2D eigenvalue weighted by molar-refractivity contribution is 0.597. The first-order valence-corrected chi connectivity index (χ1v) is 8.28. The van der Waals surface area contributed by atoms with Crippen LogP contribution in [0.3, 0.4) is 0 Å². The summed E-state index contributed by atoms with van der Waals surface area (Å²) in [6.07, 6.45) is 0.648. The Balaban J connectivity index is 2.24. The average Bonchev–Trinajstić information content (AvgIpc) is 2.50. The Bertz CT molecular complexity index is 593. The second-order valence-corrected chi connectivity index (χ2v) is 7.43. The number of rotatable bonds is 1. The van der Waals surface area contributed by atoms with Gasteiger partial charge in [0.15, 0.2) is 9.84 Å². The summed E-state index contributed by atoms with van der Waals surface area (Å²) in [5.74, 6) is 0.455. The van der Waals surface area contributed by atoms with Crippen LogP contribution in [0.15, 0.2) is 22.7 Å². The van der Waals surface area contributed by atoms with E-state index in [0.29, 0.717) is 18.5 Å². The molecule has 18 heavy (non-hydrogen) atoms. The van der Waals surface area contributed by atoms with Gasteiger partial charge in [-0.3, -0.25) is 0 Å². The zero-order valence-corrected chi connectivity index (χ0v) is 12.2. The summed E-state index contributed by atoms with van der Waals surface area (Å²) in [6, 6.07) is 7.45. The van der Waals surface area contributed by atoms with Crippen molar-refractivity contribution in [3.8, 4) is 6.07 Å². The van der Waals surface area contributed by atoms with Crippen LogP contribution in [-0.4, -0.2) is 33.0 Å². The lowest BCUT2D eigenvalue weighted by Crippen LogP contribution is -2.27. The summed E-state index contributed by atoms with van der Waals surface area (Å²) in [7, 11) is -2.90. The summed E-state index contributed by atoms with van der Waals surface area (Å²) in [4.78, 5) is 2.05. The summed E-state index contributed by atoms with van der Waals surface area (Å²) in [5.41, 5.74) is 1.54. The van der Waals surface area contributed by atoms with Crippen molar-refractivity contribution in [2.75, 3.05) is 29.5 Å². The number of hydrogen-bond acceptors (Lipinski definition) is 4. The van der Waals surface area contributed by atoms with Crippen molar-refractivity contribution in [2.45, 2.75) is 6.42 Å². The van der Waals surface area contributed by atoms with E-state index in [4.69, 9.17) is 5.26 Å². The lowest BCUT2D eigenvalue weighted by Gasteiger charge is -2.23. The van der Waals surface area contributed by atoms with Crippen LogP contribution in [0.5, 0.6) is 0 Å². The Morgan fingerprint density at radius 1 is 1.28 bits per heavy atom. The van der Waals surface area contributed by atoms with Crippen LogP contribution in [0.1, 0.15) is 12.0 Å². The van der Waals surface area contributed by atoms with Crippen LogP contribution in [-0.2, 0) is 9.84 Å². The Morgan fingerprint density at radius 3 is 2.72 bits per heavy atom. The molecule has 2 rings (SSSR count). The molecular formula is C12H13BrN2O2S. The SMILES string of the molecule is N#Cc1ccc(N2CCCS(=O)(=O)CC2)c(Br)c1. The van der Waals surface area contributed by atoms with Crippen molar-refractivity contribution in [3.05, 3.63) is 28.2 Å². The van der Waals surface area contributed by atoms with Gasteiger partial charge in [0.2, 0.25) is 0 Å². The van der Waals surface area contributed by atoms with Gasteiger partial charge in [-0.25, -0.2) is 8.42 Å². The average molecular weight is 329 g/mol. The fourth-order valence-electron chi connectivity index (χ4n) is 2.01. The van der Waals surface area contributed by atoms with Crippen LogP contribution in [0.4, 0.5) is 5.69 Å². The number of benzene rings is 1. The molecular weight excluding hydrogens is 316 g/mol. The minimum Gasteiger partial charge on any atom is -0.370 e. The first-order valence-electron chi connectivity index (χ1n) is 5.67. The maximum Gasteiger partial charge on any atom is 0.152 e. The van der Waals surface area contributed by atoms with E-state index in [0.717, 1.165) is 16.7 Å². The van der Waals surface area contributed by atoms with E-state index in [1.54, 1.807) is 12.1 Å². The predicted octanol–water partition coefficient (Wildman–Crippen LogP) is 1.95.